The Morgan fingerprint density at radius 2 is 1.53 bits per heavy atom. The van der Waals surface area contributed by atoms with Crippen molar-refractivity contribution < 1.29 is 21.6 Å². The lowest BCUT2D eigenvalue weighted by Crippen LogP contribution is -2.35. The van der Waals surface area contributed by atoms with Crippen LogP contribution in [0.2, 0.25) is 10.0 Å². The fourth-order valence-electron chi connectivity index (χ4n) is 3.79. The molecular weight excluding hydrogens is 545 g/mol. The van der Waals surface area contributed by atoms with Gasteiger partial charge in [0, 0.05) is 24.3 Å². The number of nitrogens with one attached hydrogen (secondary N) is 2. The first-order chi connectivity index (χ1) is 17.1. The van der Waals surface area contributed by atoms with Crippen molar-refractivity contribution in [2.75, 3.05) is 23.1 Å². The lowest BCUT2D eigenvalue weighted by molar-refractivity contribution is 0.102. The highest BCUT2D eigenvalue weighted by molar-refractivity contribution is 7.92. The van der Waals surface area contributed by atoms with Gasteiger partial charge in [0.2, 0.25) is 10.0 Å². The van der Waals surface area contributed by atoms with Crippen molar-refractivity contribution in [3.8, 4) is 0 Å². The summed E-state index contributed by atoms with van der Waals surface area (Å²) in [6.45, 7) is 0.895. The van der Waals surface area contributed by atoms with Gasteiger partial charge < -0.3 is 5.32 Å². The summed E-state index contributed by atoms with van der Waals surface area (Å²) in [6.07, 6.45) is 2.58. The molecule has 0 radical (unpaired) electrons. The largest absolute Gasteiger partial charge is 0.322 e. The number of halogens is 2. The first-order valence-corrected chi connectivity index (χ1v) is 14.7. The Bertz CT molecular complexity index is 1510. The van der Waals surface area contributed by atoms with E-state index in [4.69, 9.17) is 23.2 Å². The number of carbonyl (C=O) groups excluding carboxylic acids is 1. The highest BCUT2D eigenvalue weighted by Gasteiger charge is 2.27. The summed E-state index contributed by atoms with van der Waals surface area (Å²) in [6, 6.07) is 16.1. The molecule has 1 heterocycles. The summed E-state index contributed by atoms with van der Waals surface area (Å²) in [5, 5.41) is 2.76. The Hall–Kier alpha value is -2.63. The number of anilines is 2. The van der Waals surface area contributed by atoms with E-state index in [2.05, 4.69) is 10.0 Å². The van der Waals surface area contributed by atoms with Crippen molar-refractivity contribution in [1.82, 2.24) is 4.31 Å². The van der Waals surface area contributed by atoms with Crippen LogP contribution >= 0.6 is 23.2 Å². The number of nitrogens with zero attached hydrogens (tertiary/aromatic N) is 1. The molecule has 0 unspecified atom stereocenters. The molecule has 0 spiro atoms. The molecule has 3 aromatic rings. The molecule has 1 aliphatic rings. The topological polar surface area (TPSA) is 113 Å². The third-order valence-electron chi connectivity index (χ3n) is 5.65. The fourth-order valence-corrected chi connectivity index (χ4v) is 7.20. The standard InChI is InChI=1S/C24H23Cl2N3O5S2/c25-20-9-2-3-10-22(20)28-35(31,32)23-16-18(11-12-21(23)26)27-24(30)17-7-6-8-19(15-17)36(33,34)29-13-4-1-5-14-29/h2-3,6-12,15-16,28H,1,4-5,13-14H2,(H,27,30). The summed E-state index contributed by atoms with van der Waals surface area (Å²) >= 11 is 12.2. The Kier molecular flexibility index (Phi) is 7.91. The van der Waals surface area contributed by atoms with Gasteiger partial charge in [0.25, 0.3) is 15.9 Å². The van der Waals surface area contributed by atoms with Crippen LogP contribution in [0.3, 0.4) is 0 Å². The second kappa shape index (κ2) is 10.8. The van der Waals surface area contributed by atoms with E-state index in [-0.39, 0.29) is 36.8 Å². The van der Waals surface area contributed by atoms with E-state index >= 15 is 0 Å². The summed E-state index contributed by atoms with van der Waals surface area (Å²) in [5.41, 5.74) is 0.450. The molecule has 12 heteroatoms. The zero-order chi connectivity index (χ0) is 25.9. The van der Waals surface area contributed by atoms with Crippen LogP contribution in [-0.4, -0.2) is 40.1 Å². The number of amides is 1. The van der Waals surface area contributed by atoms with Crippen molar-refractivity contribution in [3.63, 3.8) is 0 Å². The van der Waals surface area contributed by atoms with E-state index in [0.29, 0.717) is 13.1 Å². The Balaban J connectivity index is 1.56. The van der Waals surface area contributed by atoms with Crippen LogP contribution in [0.4, 0.5) is 11.4 Å². The predicted molar refractivity (Wildman–Crippen MR) is 141 cm³/mol. The summed E-state index contributed by atoms with van der Waals surface area (Å²) in [5.74, 6) is -0.601. The molecule has 1 amide bonds. The number of hydrogen-bond donors (Lipinski definition) is 2. The molecule has 8 nitrogen and oxygen atoms in total. The van der Waals surface area contributed by atoms with Crippen molar-refractivity contribution in [2.45, 2.75) is 29.1 Å². The molecule has 1 aliphatic heterocycles. The Morgan fingerprint density at radius 1 is 0.806 bits per heavy atom. The highest BCUT2D eigenvalue weighted by Crippen LogP contribution is 2.30. The zero-order valence-electron chi connectivity index (χ0n) is 18.9. The second-order valence-electron chi connectivity index (χ2n) is 8.18. The number of carbonyl (C=O) groups is 1. The minimum absolute atomic E-state index is 0.0281. The molecule has 0 atom stereocenters. The maximum absolute atomic E-state index is 13.0. The average molecular weight is 569 g/mol. The molecule has 3 aromatic carbocycles. The molecule has 2 N–H and O–H groups in total. The molecule has 0 bridgehead atoms. The van der Waals surface area contributed by atoms with Gasteiger partial charge in [0.05, 0.1) is 20.6 Å². The molecule has 190 valence electrons. The third kappa shape index (κ3) is 5.84. The molecule has 4 rings (SSSR count). The maximum Gasteiger partial charge on any atom is 0.263 e. The number of para-hydroxylation sites is 1. The van der Waals surface area contributed by atoms with Crippen LogP contribution in [0.5, 0.6) is 0 Å². The van der Waals surface area contributed by atoms with Gasteiger partial charge in [-0.15, -0.1) is 0 Å². The quantitative estimate of drug-likeness (QED) is 0.406. The lowest BCUT2D eigenvalue weighted by atomic mass is 10.2. The minimum Gasteiger partial charge on any atom is -0.322 e. The van der Waals surface area contributed by atoms with Gasteiger partial charge in [-0.25, -0.2) is 16.8 Å². The monoisotopic (exact) mass is 567 g/mol. The molecule has 0 aromatic heterocycles. The van der Waals surface area contributed by atoms with Crippen LogP contribution in [0, 0.1) is 0 Å². The Labute approximate surface area is 220 Å². The number of sulfonamides is 2. The smallest absolute Gasteiger partial charge is 0.263 e. The molecule has 1 saturated heterocycles. The number of benzene rings is 3. The van der Waals surface area contributed by atoms with Crippen molar-refractivity contribution >= 4 is 60.5 Å². The van der Waals surface area contributed by atoms with Crippen LogP contribution in [0.25, 0.3) is 0 Å². The maximum atomic E-state index is 13.0. The van der Waals surface area contributed by atoms with Crippen molar-refractivity contribution in [2.24, 2.45) is 0 Å². The van der Waals surface area contributed by atoms with Gasteiger partial charge >= 0.3 is 0 Å². The average Bonchev–Trinajstić information content (AvgIpc) is 2.87. The van der Waals surface area contributed by atoms with Crippen LogP contribution < -0.4 is 10.0 Å². The number of hydrogen-bond acceptors (Lipinski definition) is 5. The van der Waals surface area contributed by atoms with Gasteiger partial charge in [0.15, 0.2) is 0 Å². The van der Waals surface area contributed by atoms with Gasteiger partial charge in [-0.05, 0) is 61.4 Å². The highest BCUT2D eigenvalue weighted by atomic mass is 35.5. The minimum atomic E-state index is -4.13. The first-order valence-electron chi connectivity index (χ1n) is 11.1. The molecule has 36 heavy (non-hydrogen) atoms. The second-order valence-corrected chi connectivity index (χ2v) is 12.6. The number of piperidine rings is 1. The first kappa shape index (κ1) is 26.4. The summed E-state index contributed by atoms with van der Waals surface area (Å²) in [4.78, 5) is 12.7. The van der Waals surface area contributed by atoms with Crippen molar-refractivity contribution in [1.29, 1.82) is 0 Å². The zero-order valence-corrected chi connectivity index (χ0v) is 22.1. The van der Waals surface area contributed by atoms with E-state index in [1.54, 1.807) is 12.1 Å². The lowest BCUT2D eigenvalue weighted by Gasteiger charge is -2.26. The van der Waals surface area contributed by atoms with E-state index < -0.39 is 26.0 Å². The van der Waals surface area contributed by atoms with E-state index in [0.717, 1.165) is 19.3 Å². The van der Waals surface area contributed by atoms with Crippen LogP contribution in [0.1, 0.15) is 29.6 Å². The van der Waals surface area contributed by atoms with Gasteiger partial charge in [-0.1, -0.05) is 47.8 Å². The van der Waals surface area contributed by atoms with Crippen LogP contribution in [-0.2, 0) is 20.0 Å². The third-order valence-corrected chi connectivity index (χ3v) is 9.72. The molecular formula is C24H23Cl2N3O5S2. The number of rotatable bonds is 7. The van der Waals surface area contributed by atoms with E-state index in [1.165, 1.54) is 58.9 Å². The van der Waals surface area contributed by atoms with Crippen LogP contribution in [0.15, 0.2) is 76.5 Å². The van der Waals surface area contributed by atoms with Gasteiger partial charge in [-0.3, -0.25) is 9.52 Å². The molecule has 1 fully saturated rings. The fraction of sp³-hybridized carbons (Fsp3) is 0.208. The normalized spacial score (nSPS) is 14.8. The predicted octanol–water partition coefficient (Wildman–Crippen LogP) is 5.22. The molecule has 0 saturated carbocycles. The van der Waals surface area contributed by atoms with Gasteiger partial charge in [0.1, 0.15) is 4.90 Å². The van der Waals surface area contributed by atoms with E-state index in [9.17, 15) is 21.6 Å². The Morgan fingerprint density at radius 3 is 2.25 bits per heavy atom. The summed E-state index contributed by atoms with van der Waals surface area (Å²) in [7, 11) is -7.85. The van der Waals surface area contributed by atoms with E-state index in [1.807, 2.05) is 0 Å². The van der Waals surface area contributed by atoms with Crippen molar-refractivity contribution in [3.05, 3.63) is 82.3 Å². The SMILES string of the molecule is O=C(Nc1ccc(Cl)c(S(=O)(=O)Nc2ccccc2Cl)c1)c1cccc(S(=O)(=O)N2CCCCC2)c1. The van der Waals surface area contributed by atoms with Gasteiger partial charge in [-0.2, -0.15) is 4.31 Å². The molecule has 0 aliphatic carbocycles. The summed E-state index contributed by atoms with van der Waals surface area (Å²) < 4.78 is 55.7.